The molecule has 0 atom stereocenters. The molecule has 0 unspecified atom stereocenters. The molecule has 2 N–H and O–H groups in total. The van der Waals surface area contributed by atoms with Crippen LogP contribution in [0.3, 0.4) is 0 Å². The summed E-state index contributed by atoms with van der Waals surface area (Å²) < 4.78 is 2.21. The van der Waals surface area contributed by atoms with E-state index in [-0.39, 0.29) is 0 Å². The third-order valence-corrected chi connectivity index (χ3v) is 4.71. The van der Waals surface area contributed by atoms with Gasteiger partial charge in [-0.25, -0.2) is 4.98 Å². The van der Waals surface area contributed by atoms with Gasteiger partial charge in [0.25, 0.3) is 0 Å². The smallest absolute Gasteiger partial charge is 0.151 e. The molecule has 0 spiro atoms. The zero-order valence-electron chi connectivity index (χ0n) is 9.54. The van der Waals surface area contributed by atoms with Crippen LogP contribution in [0.25, 0.3) is 10.2 Å². The number of hydrogen-bond acceptors (Lipinski definition) is 5. The van der Waals surface area contributed by atoms with Gasteiger partial charge in [0.1, 0.15) is 0 Å². The lowest BCUT2D eigenvalue weighted by molar-refractivity contribution is 1.24. The molecule has 3 aromatic rings. The number of anilines is 1. The number of benzene rings is 1. The van der Waals surface area contributed by atoms with Crippen LogP contribution >= 0.6 is 23.1 Å². The second-order valence-electron chi connectivity index (χ2n) is 3.86. The lowest BCUT2D eigenvalue weighted by Gasteiger charge is -1.96. The lowest BCUT2D eigenvalue weighted by Crippen LogP contribution is -1.81. The summed E-state index contributed by atoms with van der Waals surface area (Å²) in [4.78, 5) is 8.68. The largest absolute Gasteiger partial charge is 0.399 e. The SMILES string of the molecule is Nc1ccc2nc(SCc3cccnc3)sc2c1. The van der Waals surface area contributed by atoms with Gasteiger partial charge in [-0.15, -0.1) is 11.3 Å². The summed E-state index contributed by atoms with van der Waals surface area (Å²) in [5.41, 5.74) is 8.78. The second-order valence-corrected chi connectivity index (χ2v) is 6.11. The van der Waals surface area contributed by atoms with Crippen molar-refractivity contribution in [3.8, 4) is 0 Å². The first-order valence-corrected chi connectivity index (χ1v) is 7.29. The van der Waals surface area contributed by atoms with E-state index >= 15 is 0 Å². The van der Waals surface area contributed by atoms with Gasteiger partial charge in [0.15, 0.2) is 4.34 Å². The molecule has 3 rings (SSSR count). The molecule has 2 aromatic heterocycles. The average molecular weight is 273 g/mol. The average Bonchev–Trinajstić information content (AvgIpc) is 2.79. The van der Waals surface area contributed by atoms with Crippen LogP contribution in [-0.4, -0.2) is 9.97 Å². The number of aromatic nitrogens is 2. The Morgan fingerprint density at radius 3 is 3.06 bits per heavy atom. The van der Waals surface area contributed by atoms with Crippen molar-refractivity contribution in [1.29, 1.82) is 0 Å². The lowest BCUT2D eigenvalue weighted by atomic mass is 10.3. The summed E-state index contributed by atoms with van der Waals surface area (Å²) in [6.07, 6.45) is 3.67. The molecule has 0 saturated heterocycles. The van der Waals surface area contributed by atoms with Gasteiger partial charge in [-0.2, -0.15) is 0 Å². The van der Waals surface area contributed by atoms with Crippen LogP contribution in [0.1, 0.15) is 5.56 Å². The minimum absolute atomic E-state index is 0.787. The number of hydrogen-bond donors (Lipinski definition) is 1. The number of nitrogen functional groups attached to an aromatic ring is 1. The highest BCUT2D eigenvalue weighted by atomic mass is 32.2. The first-order chi connectivity index (χ1) is 8.81. The van der Waals surface area contributed by atoms with Crippen LogP contribution in [0.2, 0.25) is 0 Å². The van der Waals surface area contributed by atoms with E-state index in [0.29, 0.717) is 0 Å². The van der Waals surface area contributed by atoms with E-state index in [9.17, 15) is 0 Å². The van der Waals surface area contributed by atoms with E-state index in [1.165, 1.54) is 5.56 Å². The van der Waals surface area contributed by atoms with Crippen LogP contribution in [0.5, 0.6) is 0 Å². The number of nitrogens with zero attached hydrogens (tertiary/aromatic N) is 2. The quantitative estimate of drug-likeness (QED) is 0.585. The van der Waals surface area contributed by atoms with E-state index in [2.05, 4.69) is 16.0 Å². The first-order valence-electron chi connectivity index (χ1n) is 5.49. The number of pyridine rings is 1. The Morgan fingerprint density at radius 2 is 2.22 bits per heavy atom. The van der Waals surface area contributed by atoms with E-state index in [1.54, 1.807) is 29.3 Å². The van der Waals surface area contributed by atoms with Crippen LogP contribution in [0, 0.1) is 0 Å². The normalized spacial score (nSPS) is 10.9. The van der Waals surface area contributed by atoms with Crippen molar-refractivity contribution in [3.05, 3.63) is 48.3 Å². The third-order valence-electron chi connectivity index (χ3n) is 2.48. The van der Waals surface area contributed by atoms with Gasteiger partial charge >= 0.3 is 0 Å². The highest BCUT2D eigenvalue weighted by Crippen LogP contribution is 2.32. The molecule has 0 aliphatic heterocycles. The summed E-state index contributed by atoms with van der Waals surface area (Å²) in [5, 5.41) is 0. The molecule has 5 heteroatoms. The summed E-state index contributed by atoms with van der Waals surface area (Å²) in [7, 11) is 0. The zero-order chi connectivity index (χ0) is 12.4. The molecule has 0 aliphatic rings. The van der Waals surface area contributed by atoms with Crippen molar-refractivity contribution in [2.75, 3.05) is 5.73 Å². The highest BCUT2D eigenvalue weighted by molar-refractivity contribution is 8.00. The maximum Gasteiger partial charge on any atom is 0.151 e. The predicted molar refractivity (Wildman–Crippen MR) is 77.8 cm³/mol. The number of fused-ring (bicyclic) bond motifs is 1. The Labute approximate surface area is 113 Å². The van der Waals surface area contributed by atoms with E-state index in [0.717, 1.165) is 26.0 Å². The number of rotatable bonds is 3. The van der Waals surface area contributed by atoms with Crippen LogP contribution in [-0.2, 0) is 5.75 Å². The Balaban J connectivity index is 1.79. The van der Waals surface area contributed by atoms with Gasteiger partial charge in [-0.05, 0) is 29.8 Å². The van der Waals surface area contributed by atoms with Crippen LogP contribution < -0.4 is 5.73 Å². The number of thiazole rings is 1. The highest BCUT2D eigenvalue weighted by Gasteiger charge is 2.05. The number of thioether (sulfide) groups is 1. The molecule has 0 amide bonds. The standard InChI is InChI=1S/C13H11N3S2/c14-10-3-4-11-12(6-10)18-13(16-11)17-8-9-2-1-5-15-7-9/h1-7H,8,14H2. The minimum Gasteiger partial charge on any atom is -0.399 e. The first kappa shape index (κ1) is 11.5. The van der Waals surface area contributed by atoms with Gasteiger partial charge in [0, 0.05) is 23.8 Å². The molecule has 90 valence electrons. The molecule has 0 radical (unpaired) electrons. The molecule has 2 heterocycles. The van der Waals surface area contributed by atoms with Gasteiger partial charge in [-0.3, -0.25) is 4.98 Å². The van der Waals surface area contributed by atoms with Gasteiger partial charge in [0.2, 0.25) is 0 Å². The van der Waals surface area contributed by atoms with Gasteiger partial charge < -0.3 is 5.73 Å². The molecule has 0 saturated carbocycles. The van der Waals surface area contributed by atoms with Crippen LogP contribution in [0.15, 0.2) is 47.1 Å². The predicted octanol–water partition coefficient (Wildman–Crippen LogP) is 3.57. The van der Waals surface area contributed by atoms with E-state index in [1.807, 2.05) is 30.5 Å². The van der Waals surface area contributed by atoms with Gasteiger partial charge in [0.05, 0.1) is 10.2 Å². The Bertz CT molecular complexity index is 664. The monoisotopic (exact) mass is 273 g/mol. The fourth-order valence-electron chi connectivity index (χ4n) is 1.61. The fourth-order valence-corrected chi connectivity index (χ4v) is 3.66. The molecule has 1 aromatic carbocycles. The molecular formula is C13H11N3S2. The summed E-state index contributed by atoms with van der Waals surface area (Å²) >= 11 is 3.41. The number of nitrogens with two attached hydrogens (primary N) is 1. The van der Waals surface area contributed by atoms with Gasteiger partial charge in [-0.1, -0.05) is 17.8 Å². The van der Waals surface area contributed by atoms with Crippen molar-refractivity contribution in [2.45, 2.75) is 10.1 Å². The summed E-state index contributed by atoms with van der Waals surface area (Å²) in [6, 6.07) is 9.86. The van der Waals surface area contributed by atoms with Crippen molar-refractivity contribution in [1.82, 2.24) is 9.97 Å². The Hall–Kier alpha value is -1.59. The van der Waals surface area contributed by atoms with E-state index in [4.69, 9.17) is 5.73 Å². The maximum absolute atomic E-state index is 5.76. The third kappa shape index (κ3) is 2.47. The van der Waals surface area contributed by atoms with Crippen molar-refractivity contribution in [2.24, 2.45) is 0 Å². The fraction of sp³-hybridized carbons (Fsp3) is 0.0769. The van der Waals surface area contributed by atoms with E-state index < -0.39 is 0 Å². The van der Waals surface area contributed by atoms with Crippen molar-refractivity contribution in [3.63, 3.8) is 0 Å². The Kier molecular flexibility index (Phi) is 3.17. The summed E-state index contributed by atoms with van der Waals surface area (Å²) in [5.74, 6) is 0.892. The Morgan fingerprint density at radius 1 is 1.28 bits per heavy atom. The molecule has 0 bridgehead atoms. The molecular weight excluding hydrogens is 262 g/mol. The second kappa shape index (κ2) is 4.96. The molecule has 18 heavy (non-hydrogen) atoms. The summed E-state index contributed by atoms with van der Waals surface area (Å²) in [6.45, 7) is 0. The van der Waals surface area contributed by atoms with Crippen LogP contribution in [0.4, 0.5) is 5.69 Å². The molecule has 0 fully saturated rings. The molecule has 3 nitrogen and oxygen atoms in total. The minimum atomic E-state index is 0.787. The van der Waals surface area contributed by atoms with Crippen molar-refractivity contribution < 1.29 is 0 Å². The van der Waals surface area contributed by atoms with Crippen molar-refractivity contribution >= 4 is 39.0 Å². The molecule has 0 aliphatic carbocycles. The maximum atomic E-state index is 5.76. The topological polar surface area (TPSA) is 51.8 Å². The zero-order valence-corrected chi connectivity index (χ0v) is 11.2.